The zero-order valence-corrected chi connectivity index (χ0v) is 19.6. The van der Waals surface area contributed by atoms with Gasteiger partial charge in [-0.15, -0.1) is 0 Å². The Morgan fingerprint density at radius 3 is 2.58 bits per heavy atom. The van der Waals surface area contributed by atoms with E-state index < -0.39 is 17.7 Å². The number of nitrogens with one attached hydrogen (secondary N) is 1. The smallest absolute Gasteiger partial charge is 0.295 e. The van der Waals surface area contributed by atoms with Gasteiger partial charge in [0.15, 0.2) is 0 Å². The van der Waals surface area contributed by atoms with E-state index in [0.29, 0.717) is 18.7 Å². The van der Waals surface area contributed by atoms with E-state index in [-0.39, 0.29) is 11.3 Å². The number of benzene rings is 2. The highest BCUT2D eigenvalue weighted by Crippen LogP contribution is 2.43. The summed E-state index contributed by atoms with van der Waals surface area (Å²) in [5.41, 5.74) is 4.13. The molecular formula is C27H30N2O4. The topological polar surface area (TPSA) is 82.6 Å². The molecule has 0 saturated carbocycles. The van der Waals surface area contributed by atoms with Crippen molar-refractivity contribution in [2.75, 3.05) is 13.2 Å². The predicted octanol–water partition coefficient (Wildman–Crippen LogP) is 5.41. The maximum Gasteiger partial charge on any atom is 0.295 e. The fourth-order valence-corrected chi connectivity index (χ4v) is 4.66. The van der Waals surface area contributed by atoms with Crippen LogP contribution in [0, 0.1) is 13.8 Å². The van der Waals surface area contributed by atoms with Crippen LogP contribution in [0.5, 0.6) is 5.75 Å². The van der Waals surface area contributed by atoms with E-state index in [1.165, 1.54) is 0 Å². The van der Waals surface area contributed by atoms with Gasteiger partial charge >= 0.3 is 0 Å². The molecule has 1 aromatic heterocycles. The molecule has 3 aromatic rings. The molecule has 6 nitrogen and oxygen atoms in total. The second-order valence-electron chi connectivity index (χ2n) is 8.47. The zero-order valence-electron chi connectivity index (χ0n) is 19.6. The minimum atomic E-state index is -0.653. The van der Waals surface area contributed by atoms with Gasteiger partial charge in [-0.3, -0.25) is 9.59 Å². The highest BCUT2D eigenvalue weighted by Gasteiger charge is 2.47. The number of hydrogen-bond acceptors (Lipinski definition) is 4. The molecule has 1 atom stereocenters. The first kappa shape index (κ1) is 22.6. The number of carbonyl (C=O) groups excluding carboxylic acids is 2. The third-order valence-corrected chi connectivity index (χ3v) is 6.26. The maximum absolute atomic E-state index is 13.3. The molecule has 172 valence electrons. The molecule has 0 bridgehead atoms. The molecule has 1 aliphatic heterocycles. The number of amides is 1. The number of rotatable bonds is 7. The highest BCUT2D eigenvalue weighted by molar-refractivity contribution is 6.46. The molecule has 1 aliphatic rings. The van der Waals surface area contributed by atoms with Gasteiger partial charge in [0.05, 0.1) is 18.2 Å². The Bertz CT molecular complexity index is 1250. The fourth-order valence-electron chi connectivity index (χ4n) is 4.66. The minimum absolute atomic E-state index is 0.132. The van der Waals surface area contributed by atoms with Crippen molar-refractivity contribution in [2.45, 2.75) is 46.6 Å². The van der Waals surface area contributed by atoms with Gasteiger partial charge in [0.1, 0.15) is 11.5 Å². The second kappa shape index (κ2) is 9.14. The molecular weight excluding hydrogens is 416 g/mol. The third kappa shape index (κ3) is 3.90. The number of aliphatic hydroxyl groups is 1. The molecule has 4 rings (SSSR count). The Labute approximate surface area is 193 Å². The number of ketones is 1. The molecule has 0 radical (unpaired) electrons. The number of aromatic nitrogens is 1. The van der Waals surface area contributed by atoms with Gasteiger partial charge in [0, 0.05) is 34.3 Å². The largest absolute Gasteiger partial charge is 0.507 e. The van der Waals surface area contributed by atoms with Gasteiger partial charge in [-0.05, 0) is 57.0 Å². The molecule has 1 amide bonds. The number of Topliss-reactive ketones (excluding diaryl/α,β-unsaturated/α-hetero) is 1. The standard InChI is InChI=1S/C27H30N2O4/c1-5-7-14-29-24(22-17(4)28-20-11-9-8-10-19(20)22)23(26(31)27(29)32)25(30)18-12-13-21(33-6-2)16(3)15-18/h8-13,15,24,28,30H,5-7,14H2,1-4H3/b25-23+. The van der Waals surface area contributed by atoms with Gasteiger partial charge < -0.3 is 19.7 Å². The van der Waals surface area contributed by atoms with Crippen LogP contribution in [0.25, 0.3) is 16.7 Å². The summed E-state index contributed by atoms with van der Waals surface area (Å²) in [6.45, 7) is 8.78. The van der Waals surface area contributed by atoms with Crippen LogP contribution in [0.4, 0.5) is 0 Å². The number of hydrogen-bond donors (Lipinski definition) is 2. The van der Waals surface area contributed by atoms with E-state index >= 15 is 0 Å². The molecule has 2 aromatic carbocycles. The molecule has 33 heavy (non-hydrogen) atoms. The molecule has 1 unspecified atom stereocenters. The lowest BCUT2D eigenvalue weighted by Crippen LogP contribution is -2.30. The number of H-pyrrole nitrogens is 1. The van der Waals surface area contributed by atoms with Crippen LogP contribution in [-0.2, 0) is 9.59 Å². The van der Waals surface area contributed by atoms with Crippen molar-refractivity contribution in [3.05, 3.63) is 70.4 Å². The Morgan fingerprint density at radius 2 is 1.88 bits per heavy atom. The van der Waals surface area contributed by atoms with Crippen LogP contribution < -0.4 is 4.74 Å². The van der Waals surface area contributed by atoms with E-state index in [0.717, 1.165) is 46.3 Å². The van der Waals surface area contributed by atoms with Crippen LogP contribution in [0.2, 0.25) is 0 Å². The molecule has 1 saturated heterocycles. The number of nitrogens with zero attached hydrogens (tertiary/aromatic N) is 1. The molecule has 2 N–H and O–H groups in total. The lowest BCUT2D eigenvalue weighted by molar-refractivity contribution is -0.139. The Hall–Kier alpha value is -3.54. The summed E-state index contributed by atoms with van der Waals surface area (Å²) >= 11 is 0. The Kier molecular flexibility index (Phi) is 6.27. The fraction of sp³-hybridized carbons (Fsp3) is 0.333. The molecule has 1 fully saturated rings. The quantitative estimate of drug-likeness (QED) is 0.289. The van der Waals surface area contributed by atoms with Crippen molar-refractivity contribution in [1.29, 1.82) is 0 Å². The first-order valence-corrected chi connectivity index (χ1v) is 11.5. The van der Waals surface area contributed by atoms with Crippen molar-refractivity contribution in [2.24, 2.45) is 0 Å². The van der Waals surface area contributed by atoms with Crippen molar-refractivity contribution < 1.29 is 19.4 Å². The van der Waals surface area contributed by atoms with Gasteiger partial charge in [-0.25, -0.2) is 0 Å². The summed E-state index contributed by atoms with van der Waals surface area (Å²) in [6.07, 6.45) is 1.66. The van der Waals surface area contributed by atoms with Crippen LogP contribution >= 0.6 is 0 Å². The SMILES string of the molecule is CCCCN1C(=O)C(=O)/C(=C(/O)c2ccc(OCC)c(C)c2)C1c1c(C)[nH]c2ccccc12. The van der Waals surface area contributed by atoms with Crippen LogP contribution in [-0.4, -0.2) is 39.8 Å². The van der Waals surface area contributed by atoms with E-state index in [1.54, 1.807) is 23.1 Å². The van der Waals surface area contributed by atoms with E-state index in [9.17, 15) is 14.7 Å². The van der Waals surface area contributed by atoms with Crippen LogP contribution in [0.1, 0.15) is 55.1 Å². The number of ether oxygens (including phenoxy) is 1. The zero-order chi connectivity index (χ0) is 23.7. The summed E-state index contributed by atoms with van der Waals surface area (Å²) < 4.78 is 5.61. The van der Waals surface area contributed by atoms with Gasteiger partial charge in [-0.1, -0.05) is 31.5 Å². The van der Waals surface area contributed by atoms with Crippen LogP contribution in [0.15, 0.2) is 48.0 Å². The summed E-state index contributed by atoms with van der Waals surface area (Å²) in [5, 5.41) is 12.3. The summed E-state index contributed by atoms with van der Waals surface area (Å²) in [6, 6.07) is 12.5. The predicted molar refractivity (Wildman–Crippen MR) is 129 cm³/mol. The monoisotopic (exact) mass is 446 g/mol. The number of aliphatic hydroxyl groups excluding tert-OH is 1. The number of unbranched alkanes of at least 4 members (excludes halogenated alkanes) is 1. The first-order chi connectivity index (χ1) is 15.9. The number of fused-ring (bicyclic) bond motifs is 1. The molecule has 0 spiro atoms. The van der Waals surface area contributed by atoms with Gasteiger partial charge in [0.2, 0.25) is 0 Å². The lowest BCUT2D eigenvalue weighted by Gasteiger charge is -2.25. The molecule has 0 aliphatic carbocycles. The van der Waals surface area contributed by atoms with E-state index in [4.69, 9.17) is 4.74 Å². The lowest BCUT2D eigenvalue weighted by atomic mass is 9.93. The number of aryl methyl sites for hydroxylation is 2. The summed E-state index contributed by atoms with van der Waals surface area (Å²) in [5.74, 6) is -0.651. The number of para-hydroxylation sites is 1. The van der Waals surface area contributed by atoms with Gasteiger partial charge in [-0.2, -0.15) is 0 Å². The maximum atomic E-state index is 13.3. The molecule has 6 heteroatoms. The van der Waals surface area contributed by atoms with Crippen molar-refractivity contribution in [3.63, 3.8) is 0 Å². The highest BCUT2D eigenvalue weighted by atomic mass is 16.5. The number of carbonyl (C=O) groups is 2. The van der Waals surface area contributed by atoms with Crippen molar-refractivity contribution in [3.8, 4) is 5.75 Å². The van der Waals surface area contributed by atoms with Crippen molar-refractivity contribution in [1.82, 2.24) is 9.88 Å². The Morgan fingerprint density at radius 1 is 1.12 bits per heavy atom. The Balaban J connectivity index is 1.93. The number of likely N-dealkylation sites (tertiary alicyclic amines) is 1. The van der Waals surface area contributed by atoms with Gasteiger partial charge in [0.25, 0.3) is 11.7 Å². The second-order valence-corrected chi connectivity index (χ2v) is 8.47. The molecule has 2 heterocycles. The summed E-state index contributed by atoms with van der Waals surface area (Å²) in [7, 11) is 0. The third-order valence-electron chi connectivity index (χ3n) is 6.26. The average Bonchev–Trinajstić information content (AvgIpc) is 3.25. The average molecular weight is 447 g/mol. The number of aromatic amines is 1. The van der Waals surface area contributed by atoms with Crippen LogP contribution in [0.3, 0.4) is 0 Å². The first-order valence-electron chi connectivity index (χ1n) is 11.5. The summed E-state index contributed by atoms with van der Waals surface area (Å²) in [4.78, 5) is 31.4. The normalized spacial score (nSPS) is 17.8. The minimum Gasteiger partial charge on any atom is -0.507 e. The van der Waals surface area contributed by atoms with Crippen molar-refractivity contribution >= 4 is 28.4 Å². The van der Waals surface area contributed by atoms with E-state index in [2.05, 4.69) is 4.98 Å². The van der Waals surface area contributed by atoms with E-state index in [1.807, 2.05) is 52.0 Å².